The molecule has 0 unspecified atom stereocenters. The number of aromatic amines is 1. The third-order valence-corrected chi connectivity index (χ3v) is 4.49. The van der Waals surface area contributed by atoms with E-state index in [0.29, 0.717) is 31.1 Å². The first-order valence-electron chi connectivity index (χ1n) is 8.69. The highest BCUT2D eigenvalue weighted by Gasteiger charge is 2.28. The SMILES string of the molecule is Cc1cc(C)nc([C@H]2CN(C(=O)c3ccc4nc(C)[nH]c4c3)CCO2)n1. The van der Waals surface area contributed by atoms with Crippen LogP contribution in [0.5, 0.6) is 0 Å². The summed E-state index contributed by atoms with van der Waals surface area (Å²) in [4.78, 5) is 31.3. The Labute approximate surface area is 151 Å². The van der Waals surface area contributed by atoms with Crippen LogP contribution >= 0.6 is 0 Å². The van der Waals surface area contributed by atoms with Gasteiger partial charge in [0.1, 0.15) is 11.9 Å². The van der Waals surface area contributed by atoms with E-state index in [1.54, 1.807) is 4.90 Å². The molecule has 1 aliphatic heterocycles. The Kier molecular flexibility index (Phi) is 4.16. The molecule has 0 radical (unpaired) electrons. The van der Waals surface area contributed by atoms with Crippen molar-refractivity contribution in [2.45, 2.75) is 26.9 Å². The molecule has 0 aliphatic carbocycles. The topological polar surface area (TPSA) is 84.0 Å². The highest BCUT2D eigenvalue weighted by Crippen LogP contribution is 2.22. The van der Waals surface area contributed by atoms with Crippen molar-refractivity contribution in [2.24, 2.45) is 0 Å². The molecular weight excluding hydrogens is 330 g/mol. The minimum atomic E-state index is -0.301. The molecule has 3 aromatic rings. The van der Waals surface area contributed by atoms with Crippen LogP contribution in [0, 0.1) is 20.8 Å². The van der Waals surface area contributed by atoms with Gasteiger partial charge in [-0.1, -0.05) is 0 Å². The summed E-state index contributed by atoms with van der Waals surface area (Å²) in [6.07, 6.45) is -0.301. The molecule has 7 heteroatoms. The number of benzene rings is 1. The lowest BCUT2D eigenvalue weighted by molar-refractivity contribution is -0.0269. The summed E-state index contributed by atoms with van der Waals surface area (Å²) in [7, 11) is 0. The summed E-state index contributed by atoms with van der Waals surface area (Å²) in [6.45, 7) is 7.25. The molecule has 26 heavy (non-hydrogen) atoms. The second-order valence-electron chi connectivity index (χ2n) is 6.67. The maximum Gasteiger partial charge on any atom is 0.254 e. The largest absolute Gasteiger partial charge is 0.367 e. The van der Waals surface area contributed by atoms with Crippen LogP contribution in [0.4, 0.5) is 0 Å². The van der Waals surface area contributed by atoms with Crippen molar-refractivity contribution >= 4 is 16.9 Å². The van der Waals surface area contributed by atoms with Crippen molar-refractivity contribution in [3.63, 3.8) is 0 Å². The van der Waals surface area contributed by atoms with Crippen LogP contribution in [0.2, 0.25) is 0 Å². The van der Waals surface area contributed by atoms with Crippen LogP contribution in [0.25, 0.3) is 11.0 Å². The average molecular weight is 351 g/mol. The first kappa shape index (κ1) is 16.7. The molecular formula is C19H21N5O2. The zero-order valence-electron chi connectivity index (χ0n) is 15.1. The second-order valence-corrected chi connectivity index (χ2v) is 6.67. The molecule has 134 valence electrons. The molecule has 0 saturated carbocycles. The lowest BCUT2D eigenvalue weighted by atomic mass is 10.1. The molecule has 1 amide bonds. The monoisotopic (exact) mass is 351 g/mol. The van der Waals surface area contributed by atoms with E-state index in [1.165, 1.54) is 0 Å². The van der Waals surface area contributed by atoms with E-state index in [9.17, 15) is 4.79 Å². The Hall–Kier alpha value is -2.80. The number of rotatable bonds is 2. The maximum absolute atomic E-state index is 13.0. The number of H-pyrrole nitrogens is 1. The molecule has 1 aliphatic rings. The van der Waals surface area contributed by atoms with E-state index in [1.807, 2.05) is 45.0 Å². The minimum absolute atomic E-state index is 0.0168. The van der Waals surface area contributed by atoms with Crippen LogP contribution in [0.3, 0.4) is 0 Å². The molecule has 0 spiro atoms. The Morgan fingerprint density at radius 2 is 1.92 bits per heavy atom. The Balaban J connectivity index is 1.57. The number of nitrogens with one attached hydrogen (secondary N) is 1. The van der Waals surface area contributed by atoms with E-state index in [-0.39, 0.29) is 12.0 Å². The Bertz CT molecular complexity index is 961. The average Bonchev–Trinajstić information content (AvgIpc) is 2.99. The molecule has 4 rings (SSSR count). The van der Waals surface area contributed by atoms with Gasteiger partial charge in [-0.25, -0.2) is 15.0 Å². The van der Waals surface area contributed by atoms with E-state index >= 15 is 0 Å². The fourth-order valence-electron chi connectivity index (χ4n) is 3.34. The van der Waals surface area contributed by atoms with Gasteiger partial charge in [0, 0.05) is 23.5 Å². The highest BCUT2D eigenvalue weighted by molar-refractivity contribution is 5.97. The molecule has 1 atom stereocenters. The van der Waals surface area contributed by atoms with Gasteiger partial charge in [0.2, 0.25) is 0 Å². The summed E-state index contributed by atoms with van der Waals surface area (Å²) < 4.78 is 5.83. The molecule has 1 aromatic carbocycles. The van der Waals surface area contributed by atoms with E-state index in [2.05, 4.69) is 19.9 Å². The first-order valence-corrected chi connectivity index (χ1v) is 8.69. The van der Waals surface area contributed by atoms with Crippen LogP contribution in [0.15, 0.2) is 24.3 Å². The molecule has 1 saturated heterocycles. The second kappa shape index (κ2) is 6.49. The number of ether oxygens (including phenoxy) is 1. The van der Waals surface area contributed by atoms with Crippen LogP contribution in [0.1, 0.15) is 39.5 Å². The van der Waals surface area contributed by atoms with Gasteiger partial charge in [0.25, 0.3) is 5.91 Å². The zero-order valence-corrected chi connectivity index (χ0v) is 15.1. The van der Waals surface area contributed by atoms with Gasteiger partial charge in [-0.15, -0.1) is 0 Å². The number of hydrogen-bond acceptors (Lipinski definition) is 5. The Morgan fingerprint density at radius 1 is 1.15 bits per heavy atom. The van der Waals surface area contributed by atoms with Gasteiger partial charge >= 0.3 is 0 Å². The smallest absolute Gasteiger partial charge is 0.254 e. The summed E-state index contributed by atoms with van der Waals surface area (Å²) in [5.74, 6) is 1.46. The molecule has 1 fully saturated rings. The van der Waals surface area contributed by atoms with Gasteiger partial charge in [-0.05, 0) is 45.0 Å². The number of hydrogen-bond donors (Lipinski definition) is 1. The van der Waals surface area contributed by atoms with E-state index < -0.39 is 0 Å². The lowest BCUT2D eigenvalue weighted by Gasteiger charge is -2.32. The van der Waals surface area contributed by atoms with E-state index in [0.717, 1.165) is 28.2 Å². The van der Waals surface area contributed by atoms with Gasteiger partial charge in [0.05, 0.1) is 24.2 Å². The number of morpholine rings is 1. The van der Waals surface area contributed by atoms with Crippen molar-refractivity contribution < 1.29 is 9.53 Å². The van der Waals surface area contributed by atoms with Crippen LogP contribution in [-0.2, 0) is 4.74 Å². The number of nitrogens with zero attached hydrogens (tertiary/aromatic N) is 4. The van der Waals surface area contributed by atoms with Gasteiger partial charge in [0.15, 0.2) is 5.82 Å². The predicted octanol–water partition coefficient (Wildman–Crippen LogP) is 2.49. The molecule has 2 aromatic heterocycles. The van der Waals surface area contributed by atoms with Gasteiger partial charge in [-0.2, -0.15) is 0 Å². The number of carbonyl (C=O) groups is 1. The first-order chi connectivity index (χ1) is 12.5. The summed E-state index contributed by atoms with van der Waals surface area (Å²) in [6, 6.07) is 7.48. The standard InChI is InChI=1S/C19H21N5O2/c1-11-8-12(2)21-18(20-11)17-10-24(6-7-26-17)19(25)14-4-5-15-16(9-14)23-13(3)22-15/h4-5,8-9,17H,6-7,10H2,1-3H3,(H,22,23)/t17-/m1/s1. The molecule has 0 bridgehead atoms. The normalized spacial score (nSPS) is 17.7. The number of fused-ring (bicyclic) bond motifs is 1. The summed E-state index contributed by atoms with van der Waals surface area (Å²) >= 11 is 0. The third-order valence-electron chi connectivity index (χ3n) is 4.49. The number of imidazole rings is 1. The summed E-state index contributed by atoms with van der Waals surface area (Å²) in [5.41, 5.74) is 4.18. The van der Waals surface area contributed by atoms with Crippen molar-refractivity contribution in [2.75, 3.05) is 19.7 Å². The third kappa shape index (κ3) is 3.17. The fourth-order valence-corrected chi connectivity index (χ4v) is 3.34. The number of carbonyl (C=O) groups excluding carboxylic acids is 1. The molecule has 7 nitrogen and oxygen atoms in total. The number of amides is 1. The quantitative estimate of drug-likeness (QED) is 0.767. The lowest BCUT2D eigenvalue weighted by Crippen LogP contribution is -2.42. The van der Waals surface area contributed by atoms with Gasteiger partial charge in [-0.3, -0.25) is 4.79 Å². The number of aromatic nitrogens is 4. The molecule has 1 N–H and O–H groups in total. The van der Waals surface area contributed by atoms with Crippen molar-refractivity contribution in [1.29, 1.82) is 0 Å². The summed E-state index contributed by atoms with van der Waals surface area (Å²) in [5, 5.41) is 0. The Morgan fingerprint density at radius 3 is 2.69 bits per heavy atom. The predicted molar refractivity (Wildman–Crippen MR) is 96.9 cm³/mol. The number of aryl methyl sites for hydroxylation is 3. The minimum Gasteiger partial charge on any atom is -0.367 e. The zero-order chi connectivity index (χ0) is 18.3. The fraction of sp³-hybridized carbons (Fsp3) is 0.368. The van der Waals surface area contributed by atoms with E-state index in [4.69, 9.17) is 4.74 Å². The van der Waals surface area contributed by atoms with Crippen LogP contribution in [-0.4, -0.2) is 50.4 Å². The van der Waals surface area contributed by atoms with Crippen molar-refractivity contribution in [1.82, 2.24) is 24.8 Å². The van der Waals surface area contributed by atoms with Crippen molar-refractivity contribution in [3.05, 3.63) is 52.9 Å². The maximum atomic E-state index is 13.0. The molecule has 3 heterocycles. The van der Waals surface area contributed by atoms with Crippen LogP contribution < -0.4 is 0 Å². The van der Waals surface area contributed by atoms with Gasteiger partial charge < -0.3 is 14.6 Å². The van der Waals surface area contributed by atoms with Crippen molar-refractivity contribution in [3.8, 4) is 0 Å². The highest BCUT2D eigenvalue weighted by atomic mass is 16.5.